The molecule has 4 fully saturated rings. The number of anilines is 1. The van der Waals surface area contributed by atoms with Crippen LogP contribution in [0.2, 0.25) is 0 Å². The fourth-order valence-corrected chi connectivity index (χ4v) is 6.27. The van der Waals surface area contributed by atoms with Crippen LogP contribution in [0.1, 0.15) is 48.9 Å². The Morgan fingerprint density at radius 2 is 1.68 bits per heavy atom. The monoisotopic (exact) mass is 336 g/mol. The Hall–Kier alpha value is -2.10. The average Bonchev–Trinajstić information content (AvgIpc) is 2.55. The number of benzene rings is 1. The molecule has 4 aliphatic carbocycles. The fraction of sp³-hybridized carbons (Fsp3) is 0.524. The number of nitrogens with two attached hydrogens (primary N) is 1. The fourth-order valence-electron chi connectivity index (χ4n) is 6.27. The number of aromatic nitrogens is 1. The number of hydrogen-bond donors (Lipinski definition) is 1. The summed E-state index contributed by atoms with van der Waals surface area (Å²) in [6.45, 7) is 1.79. The standard InChI is InChI=1S/C21H24N2O2/c1-12-4-16-2-3-17(22)8-18(16)23(19(12)24)20(25)21-9-13-5-14(10-21)7-15(6-13)11-21/h2-4,8,13-15H,5-7,9-11,22H2,1H3. The van der Waals surface area contributed by atoms with Crippen LogP contribution in [0.5, 0.6) is 0 Å². The summed E-state index contributed by atoms with van der Waals surface area (Å²) in [5.74, 6) is 2.04. The van der Waals surface area contributed by atoms with Gasteiger partial charge in [-0.05, 0) is 86.8 Å². The molecule has 4 heteroatoms. The Kier molecular flexibility index (Phi) is 3.01. The van der Waals surface area contributed by atoms with Gasteiger partial charge in [-0.15, -0.1) is 0 Å². The lowest BCUT2D eigenvalue weighted by Crippen LogP contribution is -2.53. The van der Waals surface area contributed by atoms with Crippen molar-refractivity contribution >= 4 is 22.5 Å². The third-order valence-corrected chi connectivity index (χ3v) is 6.90. The molecule has 4 bridgehead atoms. The van der Waals surface area contributed by atoms with Gasteiger partial charge in [0.25, 0.3) is 5.56 Å². The lowest BCUT2D eigenvalue weighted by Gasteiger charge is -2.55. The van der Waals surface area contributed by atoms with Crippen LogP contribution in [0.4, 0.5) is 5.69 Å². The van der Waals surface area contributed by atoms with Crippen molar-refractivity contribution in [2.45, 2.75) is 45.4 Å². The van der Waals surface area contributed by atoms with Gasteiger partial charge in [0.1, 0.15) is 0 Å². The Bertz CT molecular complexity index is 921. The molecule has 0 spiro atoms. The molecule has 4 aliphatic rings. The van der Waals surface area contributed by atoms with Gasteiger partial charge in [-0.1, -0.05) is 6.07 Å². The van der Waals surface area contributed by atoms with Gasteiger partial charge in [0.05, 0.1) is 10.9 Å². The predicted octanol–water partition coefficient (Wildman–Crippen LogP) is 3.75. The largest absolute Gasteiger partial charge is 0.399 e. The van der Waals surface area contributed by atoms with Crippen LogP contribution in [-0.2, 0) is 0 Å². The van der Waals surface area contributed by atoms with Crippen molar-refractivity contribution in [2.24, 2.45) is 23.2 Å². The van der Waals surface area contributed by atoms with Gasteiger partial charge < -0.3 is 5.73 Å². The van der Waals surface area contributed by atoms with Gasteiger partial charge in [-0.25, -0.2) is 4.57 Å². The highest BCUT2D eigenvalue weighted by Crippen LogP contribution is 2.60. The molecule has 4 saturated carbocycles. The first-order valence-electron chi connectivity index (χ1n) is 9.42. The molecule has 6 rings (SSSR count). The summed E-state index contributed by atoms with van der Waals surface area (Å²) in [5, 5.41) is 0.907. The van der Waals surface area contributed by atoms with Gasteiger partial charge in [0.2, 0.25) is 5.91 Å². The number of rotatable bonds is 1. The van der Waals surface area contributed by atoms with Crippen molar-refractivity contribution in [3.63, 3.8) is 0 Å². The van der Waals surface area contributed by atoms with E-state index >= 15 is 0 Å². The highest BCUT2D eigenvalue weighted by molar-refractivity contribution is 5.95. The van der Waals surface area contributed by atoms with Gasteiger partial charge >= 0.3 is 0 Å². The van der Waals surface area contributed by atoms with Gasteiger partial charge in [0, 0.05) is 11.3 Å². The molecule has 4 nitrogen and oxygen atoms in total. The number of hydrogen-bond acceptors (Lipinski definition) is 3. The highest BCUT2D eigenvalue weighted by atomic mass is 16.2. The van der Waals surface area contributed by atoms with Crippen LogP contribution in [0.15, 0.2) is 29.1 Å². The molecule has 0 atom stereocenters. The molecule has 1 aromatic carbocycles. The van der Waals surface area contributed by atoms with E-state index in [1.807, 2.05) is 18.2 Å². The zero-order valence-electron chi connectivity index (χ0n) is 14.6. The minimum absolute atomic E-state index is 0.0240. The first kappa shape index (κ1) is 15.2. The van der Waals surface area contributed by atoms with E-state index in [9.17, 15) is 9.59 Å². The molecule has 0 aliphatic heterocycles. The first-order chi connectivity index (χ1) is 11.9. The van der Waals surface area contributed by atoms with Crippen molar-refractivity contribution in [3.8, 4) is 0 Å². The summed E-state index contributed by atoms with van der Waals surface area (Å²) in [7, 11) is 0. The molecular formula is C21H24N2O2. The number of pyridine rings is 1. The van der Waals surface area contributed by atoms with Crippen molar-refractivity contribution in [1.82, 2.24) is 4.57 Å². The maximum atomic E-state index is 13.7. The number of nitrogens with zero attached hydrogens (tertiary/aromatic N) is 1. The summed E-state index contributed by atoms with van der Waals surface area (Å²) in [5.41, 5.74) is 7.32. The number of carbonyl (C=O) groups is 1. The molecule has 0 unspecified atom stereocenters. The molecule has 2 N–H and O–H groups in total. The summed E-state index contributed by atoms with van der Waals surface area (Å²) in [4.78, 5) is 26.6. The molecule has 25 heavy (non-hydrogen) atoms. The van der Waals surface area contributed by atoms with Crippen LogP contribution in [0.3, 0.4) is 0 Å². The Labute approximate surface area is 147 Å². The lowest BCUT2D eigenvalue weighted by molar-refractivity contribution is -0.0400. The second-order valence-electron chi connectivity index (χ2n) is 8.79. The predicted molar refractivity (Wildman–Crippen MR) is 98.6 cm³/mol. The number of fused-ring (bicyclic) bond motifs is 1. The molecule has 130 valence electrons. The van der Waals surface area contributed by atoms with E-state index < -0.39 is 0 Å². The number of nitrogen functional groups attached to an aromatic ring is 1. The maximum absolute atomic E-state index is 13.7. The quantitative estimate of drug-likeness (QED) is 0.807. The topological polar surface area (TPSA) is 65.1 Å². The van der Waals surface area contributed by atoms with Gasteiger partial charge in [0.15, 0.2) is 0 Å². The average molecular weight is 336 g/mol. The van der Waals surface area contributed by atoms with Crippen LogP contribution < -0.4 is 11.3 Å². The summed E-state index contributed by atoms with van der Waals surface area (Å²) in [6, 6.07) is 7.36. The third kappa shape index (κ3) is 2.12. The van der Waals surface area contributed by atoms with E-state index in [0.29, 0.717) is 34.5 Å². The van der Waals surface area contributed by atoms with Crippen molar-refractivity contribution < 1.29 is 4.79 Å². The van der Waals surface area contributed by atoms with Crippen LogP contribution in [0.25, 0.3) is 10.9 Å². The van der Waals surface area contributed by atoms with E-state index in [2.05, 4.69) is 0 Å². The van der Waals surface area contributed by atoms with Crippen molar-refractivity contribution in [3.05, 3.63) is 40.2 Å². The summed E-state index contributed by atoms with van der Waals surface area (Å²) >= 11 is 0. The van der Waals surface area contributed by atoms with Crippen molar-refractivity contribution in [1.29, 1.82) is 0 Å². The first-order valence-corrected chi connectivity index (χ1v) is 9.42. The molecule has 0 radical (unpaired) electrons. The maximum Gasteiger partial charge on any atom is 0.260 e. The van der Waals surface area contributed by atoms with Crippen LogP contribution >= 0.6 is 0 Å². The molecule has 1 heterocycles. The van der Waals surface area contributed by atoms with Gasteiger partial charge in [-0.2, -0.15) is 0 Å². The van der Waals surface area contributed by atoms with E-state index in [0.717, 1.165) is 24.6 Å². The third-order valence-electron chi connectivity index (χ3n) is 6.90. The lowest BCUT2D eigenvalue weighted by atomic mass is 9.49. The van der Waals surface area contributed by atoms with E-state index in [4.69, 9.17) is 5.73 Å². The second-order valence-corrected chi connectivity index (χ2v) is 8.79. The Morgan fingerprint density at radius 3 is 2.28 bits per heavy atom. The van der Waals surface area contributed by atoms with E-state index in [-0.39, 0.29) is 16.9 Å². The van der Waals surface area contributed by atoms with Crippen LogP contribution in [0, 0.1) is 30.1 Å². The smallest absolute Gasteiger partial charge is 0.260 e. The Balaban J connectivity index is 1.71. The summed E-state index contributed by atoms with van der Waals surface area (Å²) < 4.78 is 1.45. The second kappa shape index (κ2) is 4.96. The van der Waals surface area contributed by atoms with Crippen molar-refractivity contribution in [2.75, 3.05) is 5.73 Å². The molecular weight excluding hydrogens is 312 g/mol. The van der Waals surface area contributed by atoms with E-state index in [1.165, 1.54) is 23.8 Å². The molecule has 0 saturated heterocycles. The zero-order chi connectivity index (χ0) is 17.3. The SMILES string of the molecule is Cc1cc2ccc(N)cc2n(C(=O)C23CC4CC(CC(C4)C2)C3)c1=O. The number of carbonyl (C=O) groups excluding carboxylic acids is 1. The number of aryl methyl sites for hydroxylation is 1. The minimum atomic E-state index is -0.329. The van der Waals surface area contributed by atoms with Crippen LogP contribution in [-0.4, -0.2) is 10.5 Å². The molecule has 0 amide bonds. The zero-order valence-corrected chi connectivity index (χ0v) is 14.6. The summed E-state index contributed by atoms with van der Waals surface area (Å²) in [6.07, 6.45) is 6.72. The van der Waals surface area contributed by atoms with E-state index in [1.54, 1.807) is 13.0 Å². The highest BCUT2D eigenvalue weighted by Gasteiger charge is 2.55. The molecule has 1 aromatic heterocycles. The van der Waals surface area contributed by atoms with Gasteiger partial charge in [-0.3, -0.25) is 9.59 Å². The Morgan fingerprint density at radius 1 is 1.08 bits per heavy atom. The molecule has 2 aromatic rings. The normalized spacial score (nSPS) is 33.1. The minimum Gasteiger partial charge on any atom is -0.399 e.